The van der Waals surface area contributed by atoms with Gasteiger partial charge in [-0.3, -0.25) is 4.90 Å². The second-order valence-electron chi connectivity index (χ2n) is 4.92. The number of nitrogens with zero attached hydrogens (tertiary/aromatic N) is 4. The van der Waals surface area contributed by atoms with Gasteiger partial charge in [-0.05, 0) is 14.1 Å². The monoisotopic (exact) mass is 266 g/mol. The first-order valence-electron chi connectivity index (χ1n) is 6.32. The summed E-state index contributed by atoms with van der Waals surface area (Å²) in [5.74, 6) is 6.72. The molecule has 0 spiro atoms. The second-order valence-corrected chi connectivity index (χ2v) is 4.92. The number of hydrogen-bond acceptors (Lipinski definition) is 8. The first-order valence-corrected chi connectivity index (χ1v) is 6.32. The van der Waals surface area contributed by atoms with Crippen LogP contribution in [0.3, 0.4) is 0 Å². The minimum atomic E-state index is 0.201. The van der Waals surface area contributed by atoms with Gasteiger partial charge in [0.15, 0.2) is 0 Å². The minimum Gasteiger partial charge on any atom is -0.368 e. The predicted octanol–water partition coefficient (Wildman–Crippen LogP) is -0.998. The fraction of sp³-hybridized carbons (Fsp3) is 0.636. The molecule has 1 saturated heterocycles. The van der Waals surface area contributed by atoms with E-state index >= 15 is 0 Å². The molecule has 19 heavy (non-hydrogen) atoms. The standard InChI is InChI=1S/C11H22N8/c1-18-3-4-19(2)8(7-18)6-14-9-5-10(17-13)16-11(12)15-9/h5,8H,3-4,6-7,13H2,1-2H3,(H4,12,14,15,16,17). The Kier molecular flexibility index (Phi) is 4.35. The number of aromatic nitrogens is 2. The van der Waals surface area contributed by atoms with Crippen LogP contribution in [0, 0.1) is 0 Å². The maximum absolute atomic E-state index is 5.62. The van der Waals surface area contributed by atoms with Gasteiger partial charge < -0.3 is 21.4 Å². The molecule has 0 bridgehead atoms. The molecule has 0 aromatic carbocycles. The second kappa shape index (κ2) is 6.00. The summed E-state index contributed by atoms with van der Waals surface area (Å²) in [6, 6.07) is 2.19. The molecule has 2 heterocycles. The number of hydrogen-bond donors (Lipinski definition) is 4. The molecule has 8 heteroatoms. The molecule has 0 amide bonds. The van der Waals surface area contributed by atoms with E-state index in [2.05, 4.69) is 44.6 Å². The summed E-state index contributed by atoms with van der Waals surface area (Å²) >= 11 is 0. The van der Waals surface area contributed by atoms with E-state index in [1.165, 1.54) is 0 Å². The average Bonchev–Trinajstić information content (AvgIpc) is 2.39. The molecular formula is C11H22N8. The van der Waals surface area contributed by atoms with Crippen molar-refractivity contribution in [1.29, 1.82) is 0 Å². The van der Waals surface area contributed by atoms with Crippen LogP contribution < -0.4 is 22.3 Å². The molecule has 1 aliphatic rings. The molecule has 1 aromatic rings. The van der Waals surface area contributed by atoms with E-state index in [-0.39, 0.29) is 5.95 Å². The number of nitrogens with one attached hydrogen (secondary N) is 2. The van der Waals surface area contributed by atoms with Crippen LogP contribution >= 0.6 is 0 Å². The Hall–Kier alpha value is -1.64. The summed E-state index contributed by atoms with van der Waals surface area (Å²) in [7, 11) is 4.28. The predicted molar refractivity (Wildman–Crippen MR) is 76.7 cm³/mol. The van der Waals surface area contributed by atoms with Gasteiger partial charge in [0.05, 0.1) is 0 Å². The highest BCUT2D eigenvalue weighted by Crippen LogP contribution is 2.12. The zero-order valence-electron chi connectivity index (χ0n) is 11.4. The van der Waals surface area contributed by atoms with Gasteiger partial charge in [-0.2, -0.15) is 9.97 Å². The largest absolute Gasteiger partial charge is 0.368 e. The summed E-state index contributed by atoms with van der Waals surface area (Å²) in [6.07, 6.45) is 0. The van der Waals surface area contributed by atoms with Gasteiger partial charge in [0.1, 0.15) is 11.6 Å². The third kappa shape index (κ3) is 3.66. The first kappa shape index (κ1) is 13.8. The van der Waals surface area contributed by atoms with Crippen LogP contribution in [0.15, 0.2) is 6.07 Å². The van der Waals surface area contributed by atoms with Crippen molar-refractivity contribution < 1.29 is 0 Å². The van der Waals surface area contributed by atoms with Crippen molar-refractivity contribution in [1.82, 2.24) is 19.8 Å². The topological polar surface area (TPSA) is 108 Å². The Morgan fingerprint density at radius 1 is 1.32 bits per heavy atom. The summed E-state index contributed by atoms with van der Waals surface area (Å²) in [6.45, 7) is 4.02. The van der Waals surface area contributed by atoms with Gasteiger partial charge in [0.2, 0.25) is 5.95 Å². The normalized spacial score (nSPS) is 21.3. The van der Waals surface area contributed by atoms with E-state index in [1.54, 1.807) is 6.07 Å². The summed E-state index contributed by atoms with van der Waals surface area (Å²) in [4.78, 5) is 12.8. The number of piperazine rings is 1. The summed E-state index contributed by atoms with van der Waals surface area (Å²) < 4.78 is 0. The smallest absolute Gasteiger partial charge is 0.223 e. The Labute approximate surface area is 113 Å². The van der Waals surface area contributed by atoms with E-state index < -0.39 is 0 Å². The highest BCUT2D eigenvalue weighted by atomic mass is 15.3. The minimum absolute atomic E-state index is 0.201. The Morgan fingerprint density at radius 2 is 2.05 bits per heavy atom. The Balaban J connectivity index is 1.96. The lowest BCUT2D eigenvalue weighted by Crippen LogP contribution is -2.52. The summed E-state index contributed by atoms with van der Waals surface area (Å²) in [5, 5.41) is 3.29. The lowest BCUT2D eigenvalue weighted by molar-refractivity contribution is 0.122. The lowest BCUT2D eigenvalue weighted by atomic mass is 10.2. The van der Waals surface area contributed by atoms with E-state index in [4.69, 9.17) is 11.6 Å². The van der Waals surface area contributed by atoms with Crippen molar-refractivity contribution in [2.24, 2.45) is 5.84 Å². The molecule has 1 unspecified atom stereocenters. The third-order valence-electron chi connectivity index (χ3n) is 3.39. The van der Waals surface area contributed by atoms with Crippen molar-refractivity contribution in [3.63, 3.8) is 0 Å². The molecular weight excluding hydrogens is 244 g/mol. The lowest BCUT2D eigenvalue weighted by Gasteiger charge is -2.37. The molecule has 106 valence electrons. The molecule has 6 N–H and O–H groups in total. The zero-order chi connectivity index (χ0) is 13.8. The molecule has 0 aliphatic carbocycles. The molecule has 1 atom stereocenters. The number of nitrogen functional groups attached to an aromatic ring is 2. The Bertz CT molecular complexity index is 423. The SMILES string of the molecule is CN1CCN(C)C(CNc2cc(NN)nc(N)n2)C1. The summed E-state index contributed by atoms with van der Waals surface area (Å²) in [5.41, 5.74) is 8.09. The van der Waals surface area contributed by atoms with Crippen molar-refractivity contribution in [2.45, 2.75) is 6.04 Å². The molecule has 0 radical (unpaired) electrons. The molecule has 1 aromatic heterocycles. The highest BCUT2D eigenvalue weighted by molar-refractivity contribution is 5.50. The zero-order valence-corrected chi connectivity index (χ0v) is 11.4. The Morgan fingerprint density at radius 3 is 2.79 bits per heavy atom. The molecule has 1 aliphatic heterocycles. The highest BCUT2D eigenvalue weighted by Gasteiger charge is 2.21. The fourth-order valence-corrected chi connectivity index (χ4v) is 2.17. The van der Waals surface area contributed by atoms with Crippen LogP contribution in [0.4, 0.5) is 17.6 Å². The maximum atomic E-state index is 5.62. The number of likely N-dealkylation sites (N-methyl/N-ethyl adjacent to an activating group) is 2. The molecule has 0 saturated carbocycles. The van der Waals surface area contributed by atoms with E-state index in [9.17, 15) is 0 Å². The molecule has 8 nitrogen and oxygen atoms in total. The van der Waals surface area contributed by atoms with Crippen LogP contribution in [0.2, 0.25) is 0 Å². The number of hydrazine groups is 1. The first-order chi connectivity index (χ1) is 9.08. The van der Waals surface area contributed by atoms with Crippen molar-refractivity contribution in [2.75, 3.05) is 56.8 Å². The van der Waals surface area contributed by atoms with Gasteiger partial charge in [0, 0.05) is 38.3 Å². The molecule has 2 rings (SSSR count). The fourth-order valence-electron chi connectivity index (χ4n) is 2.17. The van der Waals surface area contributed by atoms with E-state index in [0.29, 0.717) is 17.7 Å². The van der Waals surface area contributed by atoms with Crippen LogP contribution in [0.5, 0.6) is 0 Å². The van der Waals surface area contributed by atoms with Gasteiger partial charge >= 0.3 is 0 Å². The number of rotatable bonds is 4. The van der Waals surface area contributed by atoms with Gasteiger partial charge in [-0.15, -0.1) is 0 Å². The maximum Gasteiger partial charge on any atom is 0.223 e. The van der Waals surface area contributed by atoms with Crippen molar-refractivity contribution in [3.05, 3.63) is 6.07 Å². The van der Waals surface area contributed by atoms with E-state index in [0.717, 1.165) is 26.2 Å². The van der Waals surface area contributed by atoms with Crippen LogP contribution in [0.1, 0.15) is 0 Å². The average molecular weight is 266 g/mol. The van der Waals surface area contributed by atoms with Gasteiger partial charge in [0.25, 0.3) is 0 Å². The molecule has 1 fully saturated rings. The van der Waals surface area contributed by atoms with Crippen molar-refractivity contribution >= 4 is 17.6 Å². The quantitative estimate of drug-likeness (QED) is 0.406. The third-order valence-corrected chi connectivity index (χ3v) is 3.39. The van der Waals surface area contributed by atoms with Gasteiger partial charge in [-0.1, -0.05) is 0 Å². The van der Waals surface area contributed by atoms with Gasteiger partial charge in [-0.25, -0.2) is 5.84 Å². The van der Waals surface area contributed by atoms with Crippen LogP contribution in [0.25, 0.3) is 0 Å². The van der Waals surface area contributed by atoms with Crippen molar-refractivity contribution in [3.8, 4) is 0 Å². The van der Waals surface area contributed by atoms with Crippen LogP contribution in [-0.2, 0) is 0 Å². The van der Waals surface area contributed by atoms with Crippen LogP contribution in [-0.4, -0.2) is 66.1 Å². The van der Waals surface area contributed by atoms with E-state index in [1.807, 2.05) is 0 Å². The number of nitrogens with two attached hydrogens (primary N) is 2. The number of anilines is 3.